The van der Waals surface area contributed by atoms with E-state index in [-0.39, 0.29) is 19.6 Å². The van der Waals surface area contributed by atoms with Crippen molar-refractivity contribution in [2.75, 3.05) is 19.7 Å². The van der Waals surface area contributed by atoms with E-state index in [9.17, 15) is 14.4 Å². The maximum Gasteiger partial charge on any atom is 0.324 e. The Morgan fingerprint density at radius 3 is 2.83 bits per heavy atom. The van der Waals surface area contributed by atoms with E-state index in [0.717, 1.165) is 10.5 Å². The molecule has 124 valence electrons. The van der Waals surface area contributed by atoms with Gasteiger partial charge in [0.25, 0.3) is 5.91 Å². The summed E-state index contributed by atoms with van der Waals surface area (Å²) in [5.41, 5.74) is 1.06. The van der Waals surface area contributed by atoms with Gasteiger partial charge in [-0.05, 0) is 31.5 Å². The third-order valence-corrected chi connectivity index (χ3v) is 3.34. The van der Waals surface area contributed by atoms with E-state index >= 15 is 0 Å². The molecule has 0 saturated carbocycles. The highest BCUT2D eigenvalue weighted by atomic mass is 16.6. The third kappa shape index (κ3) is 4.70. The van der Waals surface area contributed by atoms with Gasteiger partial charge >= 0.3 is 12.0 Å². The van der Waals surface area contributed by atoms with Crippen molar-refractivity contribution in [3.63, 3.8) is 0 Å². The molecule has 1 aliphatic rings. The van der Waals surface area contributed by atoms with Crippen molar-refractivity contribution in [3.8, 4) is 5.75 Å². The Hall–Kier alpha value is -2.57. The van der Waals surface area contributed by atoms with Crippen molar-refractivity contribution in [2.24, 2.45) is 0 Å². The van der Waals surface area contributed by atoms with Gasteiger partial charge in [-0.1, -0.05) is 12.1 Å². The molecule has 3 amide bonds. The number of aryl methyl sites for hydroxylation is 1. The fraction of sp³-hybridized carbons (Fsp3) is 0.438. The molecule has 0 bridgehead atoms. The molecule has 2 rings (SSSR count). The topological polar surface area (TPSA) is 84.9 Å². The summed E-state index contributed by atoms with van der Waals surface area (Å²) in [6.07, 6.45) is -0.970. The van der Waals surface area contributed by atoms with Crippen molar-refractivity contribution in [1.82, 2.24) is 10.2 Å². The van der Waals surface area contributed by atoms with E-state index in [1.807, 2.05) is 25.1 Å². The monoisotopic (exact) mass is 320 g/mol. The van der Waals surface area contributed by atoms with Gasteiger partial charge in [-0.25, -0.2) is 4.79 Å². The fourth-order valence-corrected chi connectivity index (χ4v) is 2.17. The number of hydrogen-bond donors (Lipinski definition) is 1. The number of nitrogens with one attached hydrogen (secondary N) is 1. The van der Waals surface area contributed by atoms with E-state index in [2.05, 4.69) is 5.32 Å². The number of carbonyl (C=O) groups is 3. The normalized spacial score (nSPS) is 15.0. The average Bonchev–Trinajstić information content (AvgIpc) is 2.92. The highest BCUT2D eigenvalue weighted by Crippen LogP contribution is 2.12. The van der Waals surface area contributed by atoms with Gasteiger partial charge in [0, 0.05) is 13.1 Å². The molecular formula is C16H20N2O5. The van der Waals surface area contributed by atoms with Crippen LogP contribution in [-0.2, 0) is 14.3 Å². The van der Waals surface area contributed by atoms with Crippen molar-refractivity contribution in [2.45, 2.75) is 26.4 Å². The predicted molar refractivity (Wildman–Crippen MR) is 82.0 cm³/mol. The summed E-state index contributed by atoms with van der Waals surface area (Å²) < 4.78 is 10.5. The van der Waals surface area contributed by atoms with Gasteiger partial charge in [-0.15, -0.1) is 0 Å². The Morgan fingerprint density at radius 1 is 1.39 bits per heavy atom. The van der Waals surface area contributed by atoms with Crippen LogP contribution in [0.4, 0.5) is 4.79 Å². The van der Waals surface area contributed by atoms with Crippen LogP contribution >= 0.6 is 0 Å². The minimum atomic E-state index is -0.995. The molecule has 1 atom stereocenters. The number of ether oxygens (including phenoxy) is 2. The maximum atomic E-state index is 12.0. The smallest absolute Gasteiger partial charge is 0.324 e. The number of hydrogen-bond acceptors (Lipinski definition) is 5. The molecule has 1 aromatic carbocycles. The molecule has 7 nitrogen and oxygen atoms in total. The second kappa shape index (κ2) is 7.62. The summed E-state index contributed by atoms with van der Waals surface area (Å²) in [6.45, 7) is 4.26. The van der Waals surface area contributed by atoms with Gasteiger partial charge in [0.1, 0.15) is 5.75 Å². The molecule has 1 saturated heterocycles. The highest BCUT2D eigenvalue weighted by Gasteiger charge is 2.31. The van der Waals surface area contributed by atoms with E-state index < -0.39 is 24.0 Å². The average molecular weight is 320 g/mol. The van der Waals surface area contributed by atoms with Crippen molar-refractivity contribution in [1.29, 1.82) is 0 Å². The molecule has 1 N–H and O–H groups in total. The van der Waals surface area contributed by atoms with E-state index in [1.165, 1.54) is 6.92 Å². The number of esters is 1. The van der Waals surface area contributed by atoms with Crippen molar-refractivity contribution in [3.05, 3.63) is 29.8 Å². The first kappa shape index (κ1) is 16.8. The minimum Gasteiger partial charge on any atom is -0.493 e. The molecule has 1 fully saturated rings. The first-order valence-corrected chi connectivity index (χ1v) is 7.45. The van der Waals surface area contributed by atoms with Crippen LogP contribution in [0.15, 0.2) is 24.3 Å². The van der Waals surface area contributed by atoms with Crippen LogP contribution in [0, 0.1) is 6.92 Å². The molecular weight excluding hydrogens is 300 g/mol. The summed E-state index contributed by atoms with van der Waals surface area (Å²) in [5.74, 6) is -0.387. The van der Waals surface area contributed by atoms with Gasteiger partial charge < -0.3 is 14.8 Å². The van der Waals surface area contributed by atoms with Crippen molar-refractivity contribution >= 4 is 17.9 Å². The summed E-state index contributed by atoms with van der Waals surface area (Å²) in [6, 6.07) is 7.02. The molecule has 1 heterocycles. The number of benzene rings is 1. The Bertz CT molecular complexity index is 602. The SMILES string of the molecule is Cc1cccc(OCCC(=O)O[C@H](C)C(=O)N2CCNC2=O)c1. The zero-order valence-electron chi connectivity index (χ0n) is 13.2. The first-order chi connectivity index (χ1) is 11.0. The van der Waals surface area contributed by atoms with Crippen LogP contribution in [-0.4, -0.2) is 48.6 Å². The number of rotatable bonds is 6. The van der Waals surface area contributed by atoms with Crippen LogP contribution in [0.5, 0.6) is 5.75 Å². The molecule has 1 aliphatic heterocycles. The standard InChI is InChI=1S/C16H20N2O5/c1-11-4-3-5-13(10-11)22-9-6-14(19)23-12(2)15(20)18-8-7-17-16(18)21/h3-5,10,12H,6-9H2,1-2H3,(H,17,21)/t12-/m1/s1. The fourth-order valence-electron chi connectivity index (χ4n) is 2.17. The Kier molecular flexibility index (Phi) is 5.56. The van der Waals surface area contributed by atoms with Gasteiger partial charge in [0.2, 0.25) is 0 Å². The molecule has 0 aliphatic carbocycles. The number of amides is 3. The number of imide groups is 1. The van der Waals surface area contributed by atoms with E-state index in [0.29, 0.717) is 12.3 Å². The van der Waals surface area contributed by atoms with Gasteiger partial charge in [-0.2, -0.15) is 0 Å². The molecule has 0 radical (unpaired) electrons. The molecule has 0 aromatic heterocycles. The van der Waals surface area contributed by atoms with Crippen LogP contribution in [0.1, 0.15) is 18.9 Å². The van der Waals surface area contributed by atoms with Crippen molar-refractivity contribution < 1.29 is 23.9 Å². The molecule has 0 spiro atoms. The number of urea groups is 1. The highest BCUT2D eigenvalue weighted by molar-refractivity contribution is 5.98. The first-order valence-electron chi connectivity index (χ1n) is 7.45. The van der Waals surface area contributed by atoms with Crippen LogP contribution in [0.3, 0.4) is 0 Å². The van der Waals surface area contributed by atoms with Gasteiger partial charge in [0.15, 0.2) is 6.10 Å². The minimum absolute atomic E-state index is 0.0256. The summed E-state index contributed by atoms with van der Waals surface area (Å²) in [5, 5.41) is 2.52. The summed E-state index contributed by atoms with van der Waals surface area (Å²) in [4.78, 5) is 36.2. The second-order valence-electron chi connectivity index (χ2n) is 5.27. The van der Waals surface area contributed by atoms with Crippen LogP contribution < -0.4 is 10.1 Å². The summed E-state index contributed by atoms with van der Waals surface area (Å²) >= 11 is 0. The van der Waals surface area contributed by atoms with E-state index in [4.69, 9.17) is 9.47 Å². The number of nitrogens with zero attached hydrogens (tertiary/aromatic N) is 1. The lowest BCUT2D eigenvalue weighted by atomic mass is 10.2. The lowest BCUT2D eigenvalue weighted by Crippen LogP contribution is -2.41. The van der Waals surface area contributed by atoms with Gasteiger partial charge in [-0.3, -0.25) is 14.5 Å². The molecule has 1 aromatic rings. The second-order valence-corrected chi connectivity index (χ2v) is 5.27. The zero-order chi connectivity index (χ0) is 16.8. The lowest BCUT2D eigenvalue weighted by molar-refractivity contribution is -0.157. The Morgan fingerprint density at radius 2 is 2.17 bits per heavy atom. The lowest BCUT2D eigenvalue weighted by Gasteiger charge is -2.18. The van der Waals surface area contributed by atoms with Gasteiger partial charge in [0.05, 0.1) is 13.0 Å². The Labute approximate surface area is 134 Å². The Balaban J connectivity index is 1.73. The molecule has 7 heteroatoms. The quantitative estimate of drug-likeness (QED) is 0.797. The van der Waals surface area contributed by atoms with Crippen LogP contribution in [0.25, 0.3) is 0 Å². The summed E-state index contributed by atoms with van der Waals surface area (Å²) in [7, 11) is 0. The number of carbonyl (C=O) groups excluding carboxylic acids is 3. The molecule has 0 unspecified atom stereocenters. The molecule has 23 heavy (non-hydrogen) atoms. The maximum absolute atomic E-state index is 12.0. The predicted octanol–water partition coefficient (Wildman–Crippen LogP) is 1.25. The van der Waals surface area contributed by atoms with Crippen LogP contribution in [0.2, 0.25) is 0 Å². The third-order valence-electron chi connectivity index (χ3n) is 3.34. The zero-order valence-corrected chi connectivity index (χ0v) is 13.2. The largest absolute Gasteiger partial charge is 0.493 e. The van der Waals surface area contributed by atoms with E-state index in [1.54, 1.807) is 6.07 Å².